The van der Waals surface area contributed by atoms with E-state index in [0.717, 1.165) is 29.7 Å². The van der Waals surface area contributed by atoms with E-state index in [2.05, 4.69) is 6.92 Å². The number of carbonyl (C=O) groups excluding carboxylic acids is 1. The number of non-ortho nitro benzene ring substituents is 1. The maximum absolute atomic E-state index is 13.4. The molecule has 7 nitrogen and oxygen atoms in total. The minimum Gasteiger partial charge on any atom is -0.496 e. The van der Waals surface area contributed by atoms with Gasteiger partial charge < -0.3 is 9.47 Å². The third-order valence-corrected chi connectivity index (χ3v) is 7.14. The molecule has 1 fully saturated rings. The summed E-state index contributed by atoms with van der Waals surface area (Å²) in [7, 11) is 1.50. The van der Waals surface area contributed by atoms with Gasteiger partial charge in [0, 0.05) is 24.2 Å². The molecule has 10 heteroatoms. The Kier molecular flexibility index (Phi) is 7.21. The zero-order chi connectivity index (χ0) is 27.1. The maximum atomic E-state index is 13.4. The van der Waals surface area contributed by atoms with Gasteiger partial charge in [0.1, 0.15) is 11.9 Å². The minimum absolute atomic E-state index is 0.0600. The number of aryl methyl sites for hydroxylation is 1. The number of hydrogen-bond acceptors (Lipinski definition) is 5. The molecule has 1 aliphatic heterocycles. The molecule has 2 aromatic rings. The van der Waals surface area contributed by atoms with E-state index in [4.69, 9.17) is 9.47 Å². The van der Waals surface area contributed by atoms with Crippen LogP contribution < -0.4 is 4.74 Å². The first-order chi connectivity index (χ1) is 17.4. The number of nitro benzene ring substituents is 1. The lowest BCUT2D eigenvalue weighted by atomic mass is 9.81. The molecule has 1 unspecified atom stereocenters. The third kappa shape index (κ3) is 5.42. The molecule has 0 radical (unpaired) electrons. The van der Waals surface area contributed by atoms with E-state index in [1.54, 1.807) is 26.0 Å². The second-order valence-electron chi connectivity index (χ2n) is 9.87. The van der Waals surface area contributed by atoms with Gasteiger partial charge in [0.05, 0.1) is 23.6 Å². The highest BCUT2D eigenvalue weighted by Gasteiger charge is 2.42. The summed E-state index contributed by atoms with van der Waals surface area (Å²) in [6, 6.07) is 7.62. The summed E-state index contributed by atoms with van der Waals surface area (Å²) in [4.78, 5) is 25.4. The Morgan fingerprint density at radius 1 is 1.19 bits per heavy atom. The van der Waals surface area contributed by atoms with E-state index >= 15 is 0 Å². The van der Waals surface area contributed by atoms with Crippen molar-refractivity contribution in [3.63, 3.8) is 0 Å². The highest BCUT2D eigenvalue weighted by atomic mass is 19.4. The predicted octanol–water partition coefficient (Wildman–Crippen LogP) is 7.09. The van der Waals surface area contributed by atoms with Crippen LogP contribution in [0.15, 0.2) is 42.0 Å². The summed E-state index contributed by atoms with van der Waals surface area (Å²) in [5.74, 6) is 0.835. The molecule has 4 rings (SSSR count). The van der Waals surface area contributed by atoms with Gasteiger partial charge in [-0.1, -0.05) is 18.6 Å². The SMILES string of the molecule is COc1ccc([N+](=O)[O-])cc1C1=C(CN2C(=O)O[C@H](c3cc(C)cc(C(F)(F)F)c3)[C@@H]2C)CC(C)CC1. The molecule has 37 heavy (non-hydrogen) atoms. The Hall–Kier alpha value is -3.56. The van der Waals surface area contributed by atoms with Crippen LogP contribution in [0.4, 0.5) is 23.7 Å². The fourth-order valence-corrected chi connectivity index (χ4v) is 5.25. The van der Waals surface area contributed by atoms with Crippen LogP contribution in [0.25, 0.3) is 5.57 Å². The molecule has 198 valence electrons. The van der Waals surface area contributed by atoms with Gasteiger partial charge >= 0.3 is 12.3 Å². The number of nitrogens with zero attached hydrogens (tertiary/aromatic N) is 2. The average Bonchev–Trinajstić information content (AvgIpc) is 3.11. The molecule has 2 aromatic carbocycles. The number of cyclic esters (lactones) is 1. The first-order valence-corrected chi connectivity index (χ1v) is 12.1. The lowest BCUT2D eigenvalue weighted by molar-refractivity contribution is -0.384. The predicted molar refractivity (Wildman–Crippen MR) is 131 cm³/mol. The quantitative estimate of drug-likeness (QED) is 0.301. The Labute approximate surface area is 213 Å². The number of allylic oxidation sites excluding steroid dienone is 1. The molecule has 1 heterocycles. The van der Waals surface area contributed by atoms with E-state index in [1.165, 1.54) is 24.1 Å². The molecule has 1 saturated heterocycles. The fraction of sp³-hybridized carbons (Fsp3) is 0.444. The smallest absolute Gasteiger partial charge is 0.416 e. The number of methoxy groups -OCH3 is 1. The first-order valence-electron chi connectivity index (χ1n) is 12.1. The van der Waals surface area contributed by atoms with Crippen LogP contribution in [0.2, 0.25) is 0 Å². The van der Waals surface area contributed by atoms with Gasteiger partial charge in [-0.25, -0.2) is 4.79 Å². The Morgan fingerprint density at radius 2 is 1.92 bits per heavy atom. The molecule has 0 N–H and O–H groups in total. The van der Waals surface area contributed by atoms with Crippen molar-refractivity contribution in [3.8, 4) is 5.75 Å². The third-order valence-electron chi connectivity index (χ3n) is 7.14. The average molecular weight is 519 g/mol. The van der Waals surface area contributed by atoms with Crippen LogP contribution in [0.3, 0.4) is 0 Å². The van der Waals surface area contributed by atoms with Crippen LogP contribution in [-0.4, -0.2) is 35.6 Å². The molecular weight excluding hydrogens is 489 g/mol. The monoisotopic (exact) mass is 518 g/mol. The molecule has 0 bridgehead atoms. The van der Waals surface area contributed by atoms with Crippen LogP contribution in [0, 0.1) is 23.0 Å². The van der Waals surface area contributed by atoms with Crippen LogP contribution in [0.5, 0.6) is 5.75 Å². The van der Waals surface area contributed by atoms with E-state index in [0.29, 0.717) is 41.2 Å². The lowest BCUT2D eigenvalue weighted by Gasteiger charge is -2.30. The largest absolute Gasteiger partial charge is 0.496 e. The summed E-state index contributed by atoms with van der Waals surface area (Å²) < 4.78 is 51.3. The molecule has 0 aromatic heterocycles. The Balaban J connectivity index is 1.70. The van der Waals surface area contributed by atoms with E-state index in [9.17, 15) is 28.1 Å². The van der Waals surface area contributed by atoms with Crippen molar-refractivity contribution in [1.29, 1.82) is 0 Å². The molecule has 2 aliphatic rings. The lowest BCUT2D eigenvalue weighted by Crippen LogP contribution is -2.34. The number of alkyl halides is 3. The van der Waals surface area contributed by atoms with Crippen molar-refractivity contribution >= 4 is 17.4 Å². The van der Waals surface area contributed by atoms with Crippen molar-refractivity contribution in [1.82, 2.24) is 4.90 Å². The Morgan fingerprint density at radius 3 is 2.57 bits per heavy atom. The Bertz CT molecular complexity index is 1260. The highest BCUT2D eigenvalue weighted by Crippen LogP contribution is 2.43. The maximum Gasteiger partial charge on any atom is 0.416 e. The van der Waals surface area contributed by atoms with Gasteiger partial charge in [-0.05, 0) is 73.9 Å². The van der Waals surface area contributed by atoms with E-state index in [-0.39, 0.29) is 12.2 Å². The minimum atomic E-state index is -4.51. The van der Waals surface area contributed by atoms with Crippen molar-refractivity contribution < 1.29 is 32.4 Å². The van der Waals surface area contributed by atoms with Crippen LogP contribution in [0.1, 0.15) is 61.5 Å². The number of amides is 1. The number of benzene rings is 2. The van der Waals surface area contributed by atoms with E-state index < -0.39 is 34.9 Å². The van der Waals surface area contributed by atoms with Crippen molar-refractivity contribution in [2.75, 3.05) is 13.7 Å². The summed E-state index contributed by atoms with van der Waals surface area (Å²) in [5.41, 5.74) is 2.31. The number of hydrogen-bond donors (Lipinski definition) is 0. The van der Waals surface area contributed by atoms with E-state index in [1.807, 2.05) is 0 Å². The molecule has 3 atom stereocenters. The normalized spacial score (nSPS) is 22.3. The topological polar surface area (TPSA) is 81.9 Å². The van der Waals surface area contributed by atoms with Gasteiger partial charge in [0.2, 0.25) is 0 Å². The summed E-state index contributed by atoms with van der Waals surface area (Å²) in [6.45, 7) is 5.64. The zero-order valence-corrected chi connectivity index (χ0v) is 21.1. The molecule has 1 aliphatic carbocycles. The second kappa shape index (κ2) is 10.1. The van der Waals surface area contributed by atoms with Gasteiger partial charge in [0.15, 0.2) is 0 Å². The molecule has 1 amide bonds. The standard InChI is InChI=1S/C27H29F3N2O5/c1-15-5-7-22(23-13-21(32(34)35)6-8-24(23)36-4)19(9-15)14-31-17(3)25(37-26(31)33)18-10-16(2)11-20(12-18)27(28,29)30/h6,8,10-13,15,17,25H,5,7,9,14H2,1-4H3/t15?,17-,25-/m0/s1. The van der Waals surface area contributed by atoms with Gasteiger partial charge in [0.25, 0.3) is 5.69 Å². The summed E-state index contributed by atoms with van der Waals surface area (Å²) >= 11 is 0. The number of ether oxygens (including phenoxy) is 2. The number of rotatable bonds is 6. The van der Waals surface area contributed by atoms with Gasteiger partial charge in [-0.2, -0.15) is 13.2 Å². The highest BCUT2D eigenvalue weighted by molar-refractivity contribution is 5.77. The first kappa shape index (κ1) is 26.5. The molecular formula is C27H29F3N2O5. The number of nitro groups is 1. The van der Waals surface area contributed by atoms with Crippen molar-refractivity contribution in [2.45, 2.75) is 58.4 Å². The number of halogens is 3. The summed E-state index contributed by atoms with van der Waals surface area (Å²) in [5, 5.41) is 11.4. The van der Waals surface area contributed by atoms with Gasteiger partial charge in [-0.3, -0.25) is 15.0 Å². The van der Waals surface area contributed by atoms with Crippen LogP contribution >= 0.6 is 0 Å². The van der Waals surface area contributed by atoms with Crippen LogP contribution in [-0.2, 0) is 10.9 Å². The zero-order valence-electron chi connectivity index (χ0n) is 21.1. The fourth-order valence-electron chi connectivity index (χ4n) is 5.25. The summed E-state index contributed by atoms with van der Waals surface area (Å²) in [6.07, 6.45) is -3.78. The molecule has 0 spiro atoms. The number of carbonyl (C=O) groups is 1. The second-order valence-corrected chi connectivity index (χ2v) is 9.87. The van der Waals surface area contributed by atoms with Crippen molar-refractivity contribution in [3.05, 3.63) is 74.3 Å². The molecule has 0 saturated carbocycles. The van der Waals surface area contributed by atoms with Gasteiger partial charge in [-0.15, -0.1) is 0 Å². The van der Waals surface area contributed by atoms with Crippen molar-refractivity contribution in [2.24, 2.45) is 5.92 Å².